The van der Waals surface area contributed by atoms with E-state index in [1.54, 1.807) is 25.1 Å². The summed E-state index contributed by atoms with van der Waals surface area (Å²) in [5.41, 5.74) is 0.965. The monoisotopic (exact) mass is 441 g/mol. The minimum absolute atomic E-state index is 0.0417. The highest BCUT2D eigenvalue weighted by Gasteiger charge is 2.28. The van der Waals surface area contributed by atoms with Gasteiger partial charge in [-0.05, 0) is 26.2 Å². The van der Waals surface area contributed by atoms with Crippen LogP contribution in [0.5, 0.6) is 0 Å². The Hall–Kier alpha value is -3.16. The van der Waals surface area contributed by atoms with Crippen LogP contribution in [0.25, 0.3) is 11.3 Å². The van der Waals surface area contributed by atoms with Crippen molar-refractivity contribution in [2.75, 3.05) is 33.3 Å². The zero-order valence-corrected chi connectivity index (χ0v) is 18.8. The van der Waals surface area contributed by atoms with Crippen LogP contribution in [-0.4, -0.2) is 65.9 Å². The molecule has 2 heterocycles. The third-order valence-electron chi connectivity index (χ3n) is 5.66. The number of carbonyl (C=O) groups excluding carboxylic acids is 3. The van der Waals surface area contributed by atoms with E-state index in [2.05, 4.69) is 4.98 Å². The van der Waals surface area contributed by atoms with Gasteiger partial charge in [-0.25, -0.2) is 4.98 Å². The Morgan fingerprint density at radius 2 is 1.91 bits per heavy atom. The van der Waals surface area contributed by atoms with E-state index in [9.17, 15) is 14.4 Å². The van der Waals surface area contributed by atoms with Crippen LogP contribution in [0.2, 0.25) is 0 Å². The first-order valence-corrected chi connectivity index (χ1v) is 11.2. The van der Waals surface area contributed by atoms with E-state index in [4.69, 9.17) is 9.15 Å². The molecule has 0 spiro atoms. The van der Waals surface area contributed by atoms with Gasteiger partial charge >= 0.3 is 5.97 Å². The Labute approximate surface area is 188 Å². The topological polar surface area (TPSA) is 93.0 Å². The first kappa shape index (κ1) is 23.5. The van der Waals surface area contributed by atoms with E-state index in [1.165, 1.54) is 4.90 Å². The molecule has 1 aliphatic rings. The second-order valence-electron chi connectivity index (χ2n) is 7.99. The van der Waals surface area contributed by atoms with Gasteiger partial charge in [0.25, 0.3) is 0 Å². The molecule has 1 aliphatic heterocycles. The molecule has 1 aromatic carbocycles. The summed E-state index contributed by atoms with van der Waals surface area (Å²) in [6.07, 6.45) is 4.37. The van der Waals surface area contributed by atoms with E-state index >= 15 is 0 Å². The Kier molecular flexibility index (Phi) is 8.41. The van der Waals surface area contributed by atoms with Crippen LogP contribution in [0.4, 0.5) is 0 Å². The maximum atomic E-state index is 12.5. The molecule has 2 amide bonds. The lowest BCUT2D eigenvalue weighted by Crippen LogP contribution is -2.45. The van der Waals surface area contributed by atoms with Crippen molar-refractivity contribution in [2.45, 2.75) is 39.0 Å². The van der Waals surface area contributed by atoms with Gasteiger partial charge in [0.2, 0.25) is 11.8 Å². The predicted octanol–water partition coefficient (Wildman–Crippen LogP) is 2.92. The second-order valence-corrected chi connectivity index (χ2v) is 7.99. The van der Waals surface area contributed by atoms with Crippen molar-refractivity contribution in [1.82, 2.24) is 14.8 Å². The van der Waals surface area contributed by atoms with Crippen LogP contribution in [-0.2, 0) is 25.5 Å². The Morgan fingerprint density at radius 3 is 2.59 bits per heavy atom. The molecule has 3 rings (SSSR count). The van der Waals surface area contributed by atoms with Crippen molar-refractivity contribution in [3.05, 3.63) is 42.4 Å². The molecule has 1 saturated heterocycles. The van der Waals surface area contributed by atoms with Gasteiger partial charge in [0.05, 0.1) is 25.3 Å². The first-order chi connectivity index (χ1) is 15.5. The van der Waals surface area contributed by atoms with Crippen molar-refractivity contribution in [1.29, 1.82) is 0 Å². The fraction of sp³-hybridized carbons (Fsp3) is 0.500. The van der Waals surface area contributed by atoms with Crippen LogP contribution in [0.15, 0.2) is 40.9 Å². The number of hydrogen-bond acceptors (Lipinski definition) is 6. The van der Waals surface area contributed by atoms with Crippen molar-refractivity contribution >= 4 is 17.8 Å². The summed E-state index contributed by atoms with van der Waals surface area (Å²) in [5.74, 6) is 0.795. The molecule has 0 radical (unpaired) electrons. The molecule has 0 N–H and O–H groups in total. The molecule has 0 atom stereocenters. The van der Waals surface area contributed by atoms with E-state index in [0.717, 1.165) is 5.56 Å². The van der Waals surface area contributed by atoms with Crippen LogP contribution < -0.4 is 0 Å². The molecule has 2 aromatic rings. The quantitative estimate of drug-likeness (QED) is 0.556. The van der Waals surface area contributed by atoms with Crippen LogP contribution in [0.3, 0.4) is 0 Å². The highest BCUT2D eigenvalue weighted by Crippen LogP contribution is 2.21. The van der Waals surface area contributed by atoms with Gasteiger partial charge < -0.3 is 19.0 Å². The Morgan fingerprint density at radius 1 is 1.19 bits per heavy atom. The van der Waals surface area contributed by atoms with E-state index in [0.29, 0.717) is 63.5 Å². The molecule has 8 nitrogen and oxygen atoms in total. The number of nitrogens with zero attached hydrogens (tertiary/aromatic N) is 3. The lowest BCUT2D eigenvalue weighted by atomic mass is 9.97. The lowest BCUT2D eigenvalue weighted by molar-refractivity contribution is -0.151. The van der Waals surface area contributed by atoms with Crippen LogP contribution in [0, 0.1) is 5.92 Å². The van der Waals surface area contributed by atoms with Crippen molar-refractivity contribution in [2.24, 2.45) is 5.92 Å². The van der Waals surface area contributed by atoms with E-state index in [-0.39, 0.29) is 30.2 Å². The molecule has 8 heteroatoms. The van der Waals surface area contributed by atoms with Crippen molar-refractivity contribution < 1.29 is 23.5 Å². The highest BCUT2D eigenvalue weighted by atomic mass is 16.5. The number of piperidine rings is 1. The number of carbonyl (C=O) groups is 3. The smallest absolute Gasteiger partial charge is 0.309 e. The predicted molar refractivity (Wildman–Crippen MR) is 118 cm³/mol. The largest absolute Gasteiger partial charge is 0.466 e. The molecule has 0 unspecified atom stereocenters. The standard InChI is InChI=1S/C24H31N3O5/c1-3-31-24(30)19-12-14-27(15-13-19)23(29)17-26(2)22(28)11-7-10-21-25-16-20(32-21)18-8-5-4-6-9-18/h4-6,8-9,16,19H,3,7,10-15,17H2,1-2H3. The lowest BCUT2D eigenvalue weighted by Gasteiger charge is -2.32. The number of ether oxygens (including phenoxy) is 1. The summed E-state index contributed by atoms with van der Waals surface area (Å²) >= 11 is 0. The summed E-state index contributed by atoms with van der Waals surface area (Å²) < 4.78 is 10.8. The number of likely N-dealkylation sites (N-methyl/N-ethyl adjacent to an activating group) is 1. The fourth-order valence-electron chi connectivity index (χ4n) is 3.76. The van der Waals surface area contributed by atoms with E-state index in [1.807, 2.05) is 30.3 Å². The van der Waals surface area contributed by atoms with Gasteiger partial charge in [-0.3, -0.25) is 14.4 Å². The molecule has 1 fully saturated rings. The minimum Gasteiger partial charge on any atom is -0.466 e. The van der Waals surface area contributed by atoms with Crippen LogP contribution in [0.1, 0.15) is 38.5 Å². The molecule has 0 bridgehead atoms. The molecule has 172 valence electrons. The molecule has 0 saturated carbocycles. The molecule has 1 aromatic heterocycles. The van der Waals surface area contributed by atoms with Crippen molar-refractivity contribution in [3.63, 3.8) is 0 Å². The fourth-order valence-corrected chi connectivity index (χ4v) is 3.76. The van der Waals surface area contributed by atoms with Gasteiger partial charge in [0, 0.05) is 38.5 Å². The number of amides is 2. The average Bonchev–Trinajstić information content (AvgIpc) is 3.28. The Bertz CT molecular complexity index is 903. The number of oxazole rings is 1. The maximum absolute atomic E-state index is 12.5. The van der Waals surface area contributed by atoms with Gasteiger partial charge in [-0.2, -0.15) is 0 Å². The van der Waals surface area contributed by atoms with Gasteiger partial charge in [0.15, 0.2) is 11.7 Å². The zero-order chi connectivity index (χ0) is 22.9. The third-order valence-corrected chi connectivity index (χ3v) is 5.66. The average molecular weight is 442 g/mol. The summed E-state index contributed by atoms with van der Waals surface area (Å²) in [6.45, 7) is 3.22. The SMILES string of the molecule is CCOC(=O)C1CCN(C(=O)CN(C)C(=O)CCCc2ncc(-c3ccccc3)o2)CC1. The van der Waals surface area contributed by atoms with Gasteiger partial charge in [-0.15, -0.1) is 0 Å². The summed E-state index contributed by atoms with van der Waals surface area (Å²) in [6, 6.07) is 9.74. The Balaban J connectivity index is 1.37. The van der Waals surface area contributed by atoms with Gasteiger partial charge in [0.1, 0.15) is 0 Å². The number of aryl methyl sites for hydroxylation is 1. The molecular formula is C24H31N3O5. The number of hydrogen-bond donors (Lipinski definition) is 0. The summed E-state index contributed by atoms with van der Waals surface area (Å²) in [7, 11) is 1.64. The maximum Gasteiger partial charge on any atom is 0.309 e. The number of rotatable bonds is 9. The second kappa shape index (κ2) is 11.5. The third kappa shape index (κ3) is 6.42. The van der Waals surface area contributed by atoms with Crippen LogP contribution >= 0.6 is 0 Å². The number of esters is 1. The highest BCUT2D eigenvalue weighted by molar-refractivity contribution is 5.85. The number of aromatic nitrogens is 1. The van der Waals surface area contributed by atoms with E-state index < -0.39 is 0 Å². The number of likely N-dealkylation sites (tertiary alicyclic amines) is 1. The minimum atomic E-state index is -0.186. The van der Waals surface area contributed by atoms with Gasteiger partial charge in [-0.1, -0.05) is 30.3 Å². The molecule has 32 heavy (non-hydrogen) atoms. The normalized spacial score (nSPS) is 14.2. The van der Waals surface area contributed by atoms with Crippen molar-refractivity contribution in [3.8, 4) is 11.3 Å². The summed E-state index contributed by atoms with van der Waals surface area (Å²) in [4.78, 5) is 44.3. The first-order valence-electron chi connectivity index (χ1n) is 11.2. The zero-order valence-electron chi connectivity index (χ0n) is 18.8. The molecular weight excluding hydrogens is 410 g/mol. The number of benzene rings is 1. The molecule has 0 aliphatic carbocycles. The summed E-state index contributed by atoms with van der Waals surface area (Å²) in [5, 5.41) is 0.